The molecule has 0 atom stereocenters. The van der Waals surface area contributed by atoms with Crippen LogP contribution in [0.25, 0.3) is 0 Å². The number of ether oxygens (including phenoxy) is 1. The first-order valence-electron chi connectivity index (χ1n) is 7.34. The molecule has 1 saturated heterocycles. The Hall–Kier alpha value is -0.160. The maximum atomic E-state index is 6.04. The summed E-state index contributed by atoms with van der Waals surface area (Å²) in [5.74, 6) is 0. The van der Waals surface area contributed by atoms with Crippen molar-refractivity contribution in [3.63, 3.8) is 0 Å². The van der Waals surface area contributed by atoms with Gasteiger partial charge in [0, 0.05) is 37.8 Å². The summed E-state index contributed by atoms with van der Waals surface area (Å²) in [6.45, 7) is 6.07. The first kappa shape index (κ1) is 14.3. The van der Waals surface area contributed by atoms with Crippen LogP contribution >= 0.6 is 0 Å². The molecule has 106 valence electrons. The zero-order valence-corrected chi connectivity index (χ0v) is 12.2. The second-order valence-corrected chi connectivity index (χ2v) is 6.10. The molecule has 0 bridgehead atoms. The highest BCUT2D eigenvalue weighted by atomic mass is 16.5. The van der Waals surface area contributed by atoms with Crippen LogP contribution in [0.3, 0.4) is 0 Å². The monoisotopic (exact) mass is 255 g/mol. The van der Waals surface area contributed by atoms with Crippen molar-refractivity contribution in [1.29, 1.82) is 0 Å². The van der Waals surface area contributed by atoms with Crippen LogP contribution in [0.1, 0.15) is 32.6 Å². The van der Waals surface area contributed by atoms with Gasteiger partial charge >= 0.3 is 0 Å². The normalized spacial score (nSPS) is 34.8. The summed E-state index contributed by atoms with van der Waals surface area (Å²) in [5.41, 5.74) is 6.29. The molecule has 2 aliphatic rings. The van der Waals surface area contributed by atoms with Gasteiger partial charge in [0.15, 0.2) is 0 Å². The van der Waals surface area contributed by atoms with E-state index in [1.807, 2.05) is 0 Å². The molecule has 2 fully saturated rings. The van der Waals surface area contributed by atoms with Crippen molar-refractivity contribution in [2.45, 2.75) is 50.3 Å². The van der Waals surface area contributed by atoms with Gasteiger partial charge < -0.3 is 15.4 Å². The lowest BCUT2D eigenvalue weighted by atomic mass is 9.72. The Labute approximate surface area is 111 Å². The molecule has 4 heteroatoms. The molecule has 0 radical (unpaired) electrons. The second kappa shape index (κ2) is 5.87. The molecule has 0 unspecified atom stereocenters. The summed E-state index contributed by atoms with van der Waals surface area (Å²) in [4.78, 5) is 4.98. The topological polar surface area (TPSA) is 41.7 Å². The van der Waals surface area contributed by atoms with Gasteiger partial charge in [0.05, 0.1) is 6.10 Å². The van der Waals surface area contributed by atoms with E-state index in [-0.39, 0.29) is 5.54 Å². The van der Waals surface area contributed by atoms with Crippen molar-refractivity contribution < 1.29 is 4.74 Å². The number of likely N-dealkylation sites (tertiary alicyclic amines) is 1. The molecule has 18 heavy (non-hydrogen) atoms. The number of rotatable bonds is 5. The smallest absolute Gasteiger partial charge is 0.0611 e. The lowest BCUT2D eigenvalue weighted by Gasteiger charge is -2.55. The van der Waals surface area contributed by atoms with Gasteiger partial charge in [0.2, 0.25) is 0 Å². The quantitative estimate of drug-likeness (QED) is 0.793. The summed E-state index contributed by atoms with van der Waals surface area (Å²) in [6.07, 6.45) is 5.25. The van der Waals surface area contributed by atoms with Crippen LogP contribution in [0.15, 0.2) is 0 Å². The fourth-order valence-corrected chi connectivity index (χ4v) is 3.55. The van der Waals surface area contributed by atoms with Crippen LogP contribution < -0.4 is 5.73 Å². The SMILES string of the molecule is CCOC1CC(CN)(N2CCC(N(C)C)CC2)C1. The Bertz CT molecular complexity index is 256. The number of piperidine rings is 1. The Morgan fingerprint density at radius 3 is 2.33 bits per heavy atom. The van der Waals surface area contributed by atoms with E-state index in [0.717, 1.165) is 32.0 Å². The first-order chi connectivity index (χ1) is 8.61. The van der Waals surface area contributed by atoms with E-state index in [1.165, 1.54) is 25.9 Å². The highest BCUT2D eigenvalue weighted by Crippen LogP contribution is 2.40. The fraction of sp³-hybridized carbons (Fsp3) is 1.00. The van der Waals surface area contributed by atoms with Crippen LogP contribution in [0.2, 0.25) is 0 Å². The Balaban J connectivity index is 1.84. The van der Waals surface area contributed by atoms with Crippen molar-refractivity contribution in [2.24, 2.45) is 5.73 Å². The molecule has 0 spiro atoms. The van der Waals surface area contributed by atoms with Gasteiger partial charge in [-0.15, -0.1) is 0 Å². The Morgan fingerprint density at radius 2 is 1.89 bits per heavy atom. The molecule has 1 heterocycles. The van der Waals surface area contributed by atoms with Crippen LogP contribution in [-0.2, 0) is 4.74 Å². The van der Waals surface area contributed by atoms with Gasteiger partial charge in [0.25, 0.3) is 0 Å². The summed E-state index contributed by atoms with van der Waals surface area (Å²) >= 11 is 0. The summed E-state index contributed by atoms with van der Waals surface area (Å²) < 4.78 is 5.69. The molecular weight excluding hydrogens is 226 g/mol. The van der Waals surface area contributed by atoms with Crippen LogP contribution in [0.5, 0.6) is 0 Å². The predicted octanol–water partition coefficient (Wildman–Crippen LogP) is 0.909. The van der Waals surface area contributed by atoms with Gasteiger partial charge in [-0.2, -0.15) is 0 Å². The Morgan fingerprint density at radius 1 is 1.28 bits per heavy atom. The second-order valence-electron chi connectivity index (χ2n) is 6.10. The summed E-state index contributed by atoms with van der Waals surface area (Å²) in [6, 6.07) is 0.749. The van der Waals surface area contributed by atoms with E-state index < -0.39 is 0 Å². The number of nitrogens with two attached hydrogens (primary N) is 1. The van der Waals surface area contributed by atoms with Gasteiger partial charge in [-0.3, -0.25) is 4.90 Å². The molecule has 2 rings (SSSR count). The third kappa shape index (κ3) is 2.72. The lowest BCUT2D eigenvalue weighted by Crippen LogP contribution is -2.66. The average molecular weight is 255 g/mol. The third-order valence-electron chi connectivity index (χ3n) is 4.86. The lowest BCUT2D eigenvalue weighted by molar-refractivity contribution is -0.108. The third-order valence-corrected chi connectivity index (χ3v) is 4.86. The molecular formula is C14H29N3O. The predicted molar refractivity (Wildman–Crippen MR) is 74.7 cm³/mol. The van der Waals surface area contributed by atoms with Crippen molar-refractivity contribution in [3.05, 3.63) is 0 Å². The van der Waals surface area contributed by atoms with Crippen molar-refractivity contribution in [1.82, 2.24) is 9.80 Å². The molecule has 1 aliphatic heterocycles. The highest BCUT2D eigenvalue weighted by molar-refractivity contribution is 5.05. The van der Waals surface area contributed by atoms with E-state index in [0.29, 0.717) is 6.10 Å². The number of hydrogen-bond acceptors (Lipinski definition) is 4. The zero-order chi connectivity index (χ0) is 13.2. The Kier molecular flexibility index (Phi) is 4.64. The molecule has 0 amide bonds. The fourth-order valence-electron chi connectivity index (χ4n) is 3.55. The number of hydrogen-bond donors (Lipinski definition) is 1. The first-order valence-corrected chi connectivity index (χ1v) is 7.34. The molecule has 1 saturated carbocycles. The van der Waals surface area contributed by atoms with Crippen LogP contribution in [0, 0.1) is 0 Å². The van der Waals surface area contributed by atoms with E-state index in [1.54, 1.807) is 0 Å². The van der Waals surface area contributed by atoms with E-state index in [9.17, 15) is 0 Å². The van der Waals surface area contributed by atoms with Crippen LogP contribution in [0.4, 0.5) is 0 Å². The summed E-state index contributed by atoms with van der Waals surface area (Å²) in [7, 11) is 4.38. The molecule has 0 aromatic heterocycles. The van der Waals surface area contributed by atoms with Crippen molar-refractivity contribution in [2.75, 3.05) is 40.3 Å². The van der Waals surface area contributed by atoms with E-state index in [4.69, 9.17) is 10.5 Å². The van der Waals surface area contributed by atoms with Crippen molar-refractivity contribution in [3.8, 4) is 0 Å². The van der Waals surface area contributed by atoms with Crippen molar-refractivity contribution >= 4 is 0 Å². The maximum absolute atomic E-state index is 6.04. The summed E-state index contributed by atoms with van der Waals surface area (Å²) in [5, 5.41) is 0. The highest BCUT2D eigenvalue weighted by Gasteiger charge is 2.48. The minimum absolute atomic E-state index is 0.247. The molecule has 2 N–H and O–H groups in total. The molecule has 4 nitrogen and oxygen atoms in total. The zero-order valence-electron chi connectivity index (χ0n) is 12.2. The standard InChI is InChI=1S/C14H29N3O/c1-4-18-13-9-14(10-13,11-15)17-7-5-12(6-8-17)16(2)3/h12-13H,4-11,15H2,1-3H3. The van der Waals surface area contributed by atoms with Gasteiger partial charge in [-0.1, -0.05) is 0 Å². The van der Waals surface area contributed by atoms with E-state index in [2.05, 4.69) is 30.8 Å². The molecule has 0 aromatic rings. The van der Waals surface area contributed by atoms with E-state index >= 15 is 0 Å². The minimum atomic E-state index is 0.247. The van der Waals surface area contributed by atoms with Crippen LogP contribution in [-0.4, -0.2) is 67.8 Å². The molecule has 0 aromatic carbocycles. The largest absolute Gasteiger partial charge is 0.378 e. The minimum Gasteiger partial charge on any atom is -0.378 e. The van der Waals surface area contributed by atoms with Gasteiger partial charge in [0.1, 0.15) is 0 Å². The van der Waals surface area contributed by atoms with Gasteiger partial charge in [-0.25, -0.2) is 0 Å². The average Bonchev–Trinajstić information content (AvgIpc) is 2.33. The molecule has 1 aliphatic carbocycles. The maximum Gasteiger partial charge on any atom is 0.0611 e. The number of nitrogens with zero attached hydrogens (tertiary/aromatic N) is 2. The van der Waals surface area contributed by atoms with Gasteiger partial charge in [-0.05, 0) is 46.7 Å².